The third-order valence-corrected chi connectivity index (χ3v) is 4.95. The van der Waals surface area contributed by atoms with Crippen LogP contribution in [0.4, 0.5) is 5.82 Å². The molecule has 0 saturated carbocycles. The molecule has 3 atom stereocenters. The molecule has 0 aliphatic carbocycles. The first-order chi connectivity index (χ1) is 11.6. The van der Waals surface area contributed by atoms with Gasteiger partial charge in [-0.1, -0.05) is 6.92 Å². The Hall–Kier alpha value is -2.46. The van der Waals surface area contributed by atoms with Crippen LogP contribution in [-0.4, -0.2) is 58.9 Å². The molecule has 126 valence electrons. The quantitative estimate of drug-likeness (QED) is 0.837. The average Bonchev–Trinajstić information content (AvgIpc) is 3.09. The Morgan fingerprint density at radius 1 is 1.58 bits per heavy atom. The Morgan fingerprint density at radius 2 is 2.42 bits per heavy atom. The van der Waals surface area contributed by atoms with Crippen LogP contribution in [0, 0.1) is 23.2 Å². The molecule has 1 aliphatic heterocycles. The number of aldehydes is 1. The first-order valence-electron chi connectivity index (χ1n) is 8.22. The number of carbonyl (C=O) groups is 1. The van der Waals surface area contributed by atoms with Crippen LogP contribution < -0.4 is 4.90 Å². The Labute approximate surface area is 141 Å². The number of H-pyrrole nitrogens is 1. The van der Waals surface area contributed by atoms with Crippen LogP contribution in [-0.2, 0) is 4.79 Å². The number of fused-ring (bicyclic) bond motifs is 1. The maximum Gasteiger partial charge on any atom is 0.142 e. The Balaban J connectivity index is 1.80. The largest absolute Gasteiger partial charge is 0.354 e. The molecule has 0 bridgehead atoms. The molecule has 7 nitrogen and oxygen atoms in total. The van der Waals surface area contributed by atoms with Gasteiger partial charge in [0.05, 0.1) is 11.5 Å². The van der Waals surface area contributed by atoms with Crippen molar-refractivity contribution in [2.75, 3.05) is 31.6 Å². The summed E-state index contributed by atoms with van der Waals surface area (Å²) in [6.45, 7) is 4.48. The highest BCUT2D eigenvalue weighted by atomic mass is 16.1. The van der Waals surface area contributed by atoms with Gasteiger partial charge >= 0.3 is 0 Å². The second-order valence-corrected chi connectivity index (χ2v) is 6.51. The number of hydrogen-bond donors (Lipinski definition) is 1. The van der Waals surface area contributed by atoms with Gasteiger partial charge in [0.2, 0.25) is 0 Å². The van der Waals surface area contributed by atoms with Crippen LogP contribution in [0.2, 0.25) is 0 Å². The number of likely N-dealkylation sites (N-methyl/N-ethyl adjacent to an activating group) is 1. The van der Waals surface area contributed by atoms with Gasteiger partial charge in [-0.15, -0.1) is 0 Å². The van der Waals surface area contributed by atoms with Crippen LogP contribution in [0.15, 0.2) is 18.6 Å². The molecular formula is C17H22N6O. The number of likely N-dealkylation sites (tertiary alicyclic amines) is 1. The molecule has 0 radical (unpaired) electrons. The lowest BCUT2D eigenvalue weighted by atomic mass is 9.91. The molecule has 0 spiro atoms. The van der Waals surface area contributed by atoms with Gasteiger partial charge in [0, 0.05) is 32.4 Å². The van der Waals surface area contributed by atoms with Gasteiger partial charge in [-0.2, -0.15) is 5.26 Å². The Morgan fingerprint density at radius 3 is 3.17 bits per heavy atom. The zero-order valence-corrected chi connectivity index (χ0v) is 14.0. The third kappa shape index (κ3) is 3.10. The predicted molar refractivity (Wildman–Crippen MR) is 91.5 cm³/mol. The molecule has 1 aliphatic rings. The molecule has 1 N–H and O–H groups in total. The van der Waals surface area contributed by atoms with Gasteiger partial charge < -0.3 is 14.7 Å². The summed E-state index contributed by atoms with van der Waals surface area (Å²) in [7, 11) is 2.06. The molecule has 0 aromatic carbocycles. The number of rotatable bonds is 5. The number of carbonyl (C=O) groups excluding carboxylic acids is 1. The predicted octanol–water partition coefficient (Wildman–Crippen LogP) is 1.44. The van der Waals surface area contributed by atoms with Crippen LogP contribution in [0.3, 0.4) is 0 Å². The molecule has 1 fully saturated rings. The summed E-state index contributed by atoms with van der Waals surface area (Å²) in [4.78, 5) is 27.2. The second kappa shape index (κ2) is 6.97. The number of hydrogen-bond acceptors (Lipinski definition) is 6. The van der Waals surface area contributed by atoms with Gasteiger partial charge in [-0.3, -0.25) is 4.90 Å². The van der Waals surface area contributed by atoms with E-state index in [4.69, 9.17) is 5.26 Å². The van der Waals surface area contributed by atoms with E-state index in [9.17, 15) is 4.79 Å². The number of piperidine rings is 1. The number of anilines is 1. The van der Waals surface area contributed by atoms with E-state index in [0.717, 1.165) is 42.6 Å². The van der Waals surface area contributed by atoms with E-state index in [0.29, 0.717) is 12.5 Å². The summed E-state index contributed by atoms with van der Waals surface area (Å²) >= 11 is 0. The summed E-state index contributed by atoms with van der Waals surface area (Å²) in [5.41, 5.74) is 0.831. The summed E-state index contributed by atoms with van der Waals surface area (Å²) < 4.78 is 0. The summed E-state index contributed by atoms with van der Waals surface area (Å²) in [5.74, 6) is 0.860. The molecule has 1 saturated heterocycles. The number of nitrogens with zero attached hydrogens (tertiary/aromatic N) is 5. The number of aromatic nitrogens is 3. The highest BCUT2D eigenvalue weighted by Gasteiger charge is 2.31. The van der Waals surface area contributed by atoms with Gasteiger partial charge in [-0.25, -0.2) is 9.97 Å². The van der Waals surface area contributed by atoms with Gasteiger partial charge in [0.1, 0.15) is 30.0 Å². The summed E-state index contributed by atoms with van der Waals surface area (Å²) in [6, 6.07) is 4.32. The van der Waals surface area contributed by atoms with E-state index < -0.39 is 5.92 Å². The topological polar surface area (TPSA) is 88.9 Å². The van der Waals surface area contributed by atoms with E-state index in [2.05, 4.69) is 44.8 Å². The molecule has 24 heavy (non-hydrogen) atoms. The van der Waals surface area contributed by atoms with Crippen molar-refractivity contribution in [3.8, 4) is 6.07 Å². The maximum absolute atomic E-state index is 10.9. The van der Waals surface area contributed by atoms with Crippen molar-refractivity contribution in [2.24, 2.45) is 11.8 Å². The zero-order valence-electron chi connectivity index (χ0n) is 14.0. The molecule has 2 aromatic rings. The van der Waals surface area contributed by atoms with Gasteiger partial charge in [0.15, 0.2) is 0 Å². The van der Waals surface area contributed by atoms with E-state index >= 15 is 0 Å². The third-order valence-electron chi connectivity index (χ3n) is 4.95. The van der Waals surface area contributed by atoms with Crippen molar-refractivity contribution in [2.45, 2.75) is 19.4 Å². The van der Waals surface area contributed by atoms with Crippen LogP contribution in [0.25, 0.3) is 11.0 Å². The van der Waals surface area contributed by atoms with Crippen LogP contribution >= 0.6 is 0 Å². The number of nitrogens with one attached hydrogen (secondary N) is 1. The smallest absolute Gasteiger partial charge is 0.142 e. The first-order valence-corrected chi connectivity index (χ1v) is 8.22. The fourth-order valence-electron chi connectivity index (χ4n) is 3.47. The lowest BCUT2D eigenvalue weighted by Gasteiger charge is -2.42. The average molecular weight is 326 g/mol. The minimum absolute atomic E-state index is 0.276. The fraction of sp³-hybridized carbons (Fsp3) is 0.529. The van der Waals surface area contributed by atoms with Gasteiger partial charge in [-0.05, 0) is 24.9 Å². The van der Waals surface area contributed by atoms with E-state index in [1.54, 1.807) is 6.33 Å². The fourth-order valence-corrected chi connectivity index (χ4v) is 3.47. The van der Waals surface area contributed by atoms with Gasteiger partial charge in [0.25, 0.3) is 0 Å². The van der Waals surface area contributed by atoms with Crippen LogP contribution in [0.5, 0.6) is 0 Å². The maximum atomic E-state index is 10.9. The molecule has 7 heteroatoms. The zero-order chi connectivity index (χ0) is 17.1. The SMILES string of the molecule is CC1CCN(CC(C#N)C=O)CC1N(C)c1ncnc2[nH]ccc12. The monoisotopic (exact) mass is 326 g/mol. The molecule has 3 unspecified atom stereocenters. The van der Waals surface area contributed by atoms with Crippen molar-refractivity contribution in [3.63, 3.8) is 0 Å². The summed E-state index contributed by atoms with van der Waals surface area (Å²) in [5, 5.41) is 10.0. The highest BCUT2D eigenvalue weighted by Crippen LogP contribution is 2.28. The van der Waals surface area contributed by atoms with Crippen molar-refractivity contribution in [1.82, 2.24) is 19.9 Å². The second-order valence-electron chi connectivity index (χ2n) is 6.51. The normalized spacial score (nSPS) is 22.9. The molecule has 2 aromatic heterocycles. The van der Waals surface area contributed by atoms with E-state index in [1.807, 2.05) is 12.3 Å². The Kier molecular flexibility index (Phi) is 4.76. The van der Waals surface area contributed by atoms with Crippen molar-refractivity contribution >= 4 is 23.1 Å². The lowest BCUT2D eigenvalue weighted by Crippen LogP contribution is -2.52. The van der Waals surface area contributed by atoms with E-state index in [1.165, 1.54) is 0 Å². The molecule has 3 rings (SSSR count). The van der Waals surface area contributed by atoms with Crippen molar-refractivity contribution in [3.05, 3.63) is 18.6 Å². The molecular weight excluding hydrogens is 304 g/mol. The van der Waals surface area contributed by atoms with Crippen molar-refractivity contribution < 1.29 is 4.79 Å². The minimum Gasteiger partial charge on any atom is -0.354 e. The minimum atomic E-state index is -0.556. The molecule has 0 amide bonds. The number of aromatic amines is 1. The molecule has 3 heterocycles. The highest BCUT2D eigenvalue weighted by molar-refractivity contribution is 5.87. The first kappa shape index (κ1) is 16.4. The van der Waals surface area contributed by atoms with E-state index in [-0.39, 0.29) is 6.04 Å². The lowest BCUT2D eigenvalue weighted by molar-refractivity contribution is -0.110. The van der Waals surface area contributed by atoms with Crippen LogP contribution in [0.1, 0.15) is 13.3 Å². The standard InChI is InChI=1S/C17H22N6O/c1-12-4-6-23(8-13(7-18)10-24)9-15(12)22(2)17-14-3-5-19-16(14)20-11-21-17/h3,5,10-13,15H,4,6,8-9H2,1-2H3,(H,19,20,21). The van der Waals surface area contributed by atoms with Crippen molar-refractivity contribution in [1.29, 1.82) is 5.26 Å². The number of nitriles is 1. The summed E-state index contributed by atoms with van der Waals surface area (Å²) in [6.07, 6.45) is 5.22. The Bertz CT molecular complexity index is 751.